The summed E-state index contributed by atoms with van der Waals surface area (Å²) in [6.07, 6.45) is -1.11. The third-order valence-electron chi connectivity index (χ3n) is 0.914. The summed E-state index contributed by atoms with van der Waals surface area (Å²) < 4.78 is 29.0. The predicted octanol–water partition coefficient (Wildman–Crippen LogP) is -1.23. The van der Waals surface area contributed by atoms with Crippen LogP contribution in [0.1, 0.15) is 6.92 Å². The first-order chi connectivity index (χ1) is 5.87. The number of amides is 1. The van der Waals surface area contributed by atoms with Crippen LogP contribution in [0.4, 0.5) is 4.79 Å². The number of carbonyl (C=O) groups is 2. The van der Waals surface area contributed by atoms with E-state index in [1.54, 1.807) is 0 Å². The summed E-state index contributed by atoms with van der Waals surface area (Å²) in [5.74, 6) is -0.366. The smallest absolute Gasteiger partial charge is 0.421 e. The van der Waals surface area contributed by atoms with Gasteiger partial charge in [0.15, 0.2) is 0 Å². The highest BCUT2D eigenvalue weighted by molar-refractivity contribution is 7.88. The lowest BCUT2D eigenvalue weighted by Crippen LogP contribution is -2.41. The van der Waals surface area contributed by atoms with Crippen molar-refractivity contribution >= 4 is 22.1 Å². The molecule has 0 fully saturated rings. The minimum absolute atomic E-state index is 0.366. The molecule has 13 heavy (non-hydrogen) atoms. The van der Waals surface area contributed by atoms with Gasteiger partial charge in [-0.3, -0.25) is 4.79 Å². The monoisotopic (exact) mass is 210 g/mol. The van der Waals surface area contributed by atoms with E-state index >= 15 is 0 Å². The summed E-state index contributed by atoms with van der Waals surface area (Å²) in [6, 6.07) is 0. The maximum atomic E-state index is 10.8. The third-order valence-corrected chi connectivity index (χ3v) is 1.87. The van der Waals surface area contributed by atoms with Gasteiger partial charge in [0, 0.05) is 0 Å². The van der Waals surface area contributed by atoms with E-state index in [0.29, 0.717) is 0 Å². The van der Waals surface area contributed by atoms with Gasteiger partial charge in [-0.25, -0.2) is 9.52 Å². The molecule has 0 aromatic rings. The molecule has 0 spiro atoms. The topological polar surface area (TPSA) is 102 Å². The zero-order chi connectivity index (χ0) is 10.5. The molecule has 0 unspecified atom stereocenters. The average molecular weight is 210 g/mol. The quantitative estimate of drug-likeness (QED) is 0.604. The predicted molar refractivity (Wildman–Crippen MR) is 43.1 cm³/mol. The summed E-state index contributed by atoms with van der Waals surface area (Å²) in [7, 11) is -2.96. The second-order valence-electron chi connectivity index (χ2n) is 2.12. The second-order valence-corrected chi connectivity index (χ2v) is 3.62. The normalized spacial score (nSPS) is 10.6. The van der Waals surface area contributed by atoms with Crippen LogP contribution >= 0.6 is 0 Å². The van der Waals surface area contributed by atoms with Crippen LogP contribution in [-0.2, 0) is 19.7 Å². The van der Waals surface area contributed by atoms with Gasteiger partial charge in [-0.2, -0.15) is 13.1 Å². The molecule has 0 heterocycles. The van der Waals surface area contributed by atoms with Crippen molar-refractivity contribution in [3.8, 4) is 0 Å². The molecule has 8 heteroatoms. The van der Waals surface area contributed by atoms with Gasteiger partial charge in [0.25, 0.3) is 0 Å². The van der Waals surface area contributed by atoms with Gasteiger partial charge in [0.1, 0.15) is 5.78 Å². The Bertz CT molecular complexity index is 296. The summed E-state index contributed by atoms with van der Waals surface area (Å²) in [6.45, 7) is 0.840. The van der Waals surface area contributed by atoms with Crippen molar-refractivity contribution in [1.29, 1.82) is 0 Å². The van der Waals surface area contributed by atoms with E-state index in [2.05, 4.69) is 4.74 Å². The highest BCUT2D eigenvalue weighted by Crippen LogP contribution is 1.79. The Kier molecular flexibility index (Phi) is 4.35. The number of rotatable bonds is 4. The van der Waals surface area contributed by atoms with Crippen LogP contribution in [0.2, 0.25) is 0 Å². The molecule has 0 bridgehead atoms. The van der Waals surface area contributed by atoms with E-state index in [-0.39, 0.29) is 12.3 Å². The molecule has 0 aromatic carbocycles. The molecule has 1 amide bonds. The standard InChI is InChI=1S/C5H10N2O5S/c1-4(8)3-6-13(10,11)7-5(9)12-2/h6H,3H2,1-2H3,(H,7,9). The molecule has 0 aliphatic carbocycles. The van der Waals surface area contributed by atoms with Crippen LogP contribution in [0.5, 0.6) is 0 Å². The van der Waals surface area contributed by atoms with Crippen LogP contribution in [-0.4, -0.2) is 33.9 Å². The number of ether oxygens (including phenoxy) is 1. The van der Waals surface area contributed by atoms with Crippen LogP contribution in [0.15, 0.2) is 0 Å². The minimum atomic E-state index is -3.98. The Morgan fingerprint density at radius 1 is 1.38 bits per heavy atom. The number of ketones is 1. The number of Topliss-reactive ketones (excluding diaryl/α,β-unsaturated/α-hetero) is 1. The van der Waals surface area contributed by atoms with Crippen molar-refractivity contribution in [1.82, 2.24) is 9.44 Å². The molecule has 0 atom stereocenters. The number of nitrogens with one attached hydrogen (secondary N) is 2. The van der Waals surface area contributed by atoms with E-state index in [1.165, 1.54) is 11.6 Å². The van der Waals surface area contributed by atoms with Gasteiger partial charge in [-0.1, -0.05) is 0 Å². The van der Waals surface area contributed by atoms with E-state index in [1.807, 2.05) is 4.72 Å². The first-order valence-electron chi connectivity index (χ1n) is 3.22. The van der Waals surface area contributed by atoms with Crippen molar-refractivity contribution in [3.63, 3.8) is 0 Å². The lowest BCUT2D eigenvalue weighted by atomic mass is 10.5. The number of hydrogen-bond donors (Lipinski definition) is 2. The molecular formula is C5H10N2O5S. The Morgan fingerprint density at radius 2 is 1.92 bits per heavy atom. The zero-order valence-electron chi connectivity index (χ0n) is 7.16. The molecule has 0 saturated carbocycles. The lowest BCUT2D eigenvalue weighted by molar-refractivity contribution is -0.115. The van der Waals surface area contributed by atoms with Crippen LogP contribution < -0.4 is 9.44 Å². The average Bonchev–Trinajstić information content (AvgIpc) is 2.00. The van der Waals surface area contributed by atoms with E-state index < -0.39 is 16.3 Å². The van der Waals surface area contributed by atoms with Crippen LogP contribution in [0.3, 0.4) is 0 Å². The minimum Gasteiger partial charge on any atom is -0.452 e. The molecule has 0 radical (unpaired) electrons. The fourth-order valence-corrected chi connectivity index (χ4v) is 1.15. The lowest BCUT2D eigenvalue weighted by Gasteiger charge is -2.04. The Labute approximate surface area is 75.6 Å². The number of methoxy groups -OCH3 is 1. The molecule has 2 N–H and O–H groups in total. The number of hydrogen-bond acceptors (Lipinski definition) is 5. The molecule has 0 saturated heterocycles. The largest absolute Gasteiger partial charge is 0.452 e. The Hall–Kier alpha value is -1.15. The van der Waals surface area contributed by atoms with Crippen molar-refractivity contribution in [3.05, 3.63) is 0 Å². The maximum Gasteiger partial charge on any atom is 0.421 e. The summed E-state index contributed by atoms with van der Waals surface area (Å²) >= 11 is 0. The maximum absolute atomic E-state index is 10.8. The fourth-order valence-electron chi connectivity index (χ4n) is 0.384. The van der Waals surface area contributed by atoms with Gasteiger partial charge in [-0.15, -0.1) is 0 Å². The van der Waals surface area contributed by atoms with Crippen molar-refractivity contribution in [2.75, 3.05) is 13.7 Å². The van der Waals surface area contributed by atoms with Gasteiger partial charge < -0.3 is 4.74 Å². The van der Waals surface area contributed by atoms with Crippen molar-refractivity contribution in [2.24, 2.45) is 0 Å². The molecule has 76 valence electrons. The first-order valence-corrected chi connectivity index (χ1v) is 4.70. The summed E-state index contributed by atoms with van der Waals surface area (Å²) in [4.78, 5) is 20.8. The molecule has 0 aliphatic heterocycles. The second kappa shape index (κ2) is 4.77. The molecular weight excluding hydrogens is 200 g/mol. The van der Waals surface area contributed by atoms with Crippen LogP contribution in [0, 0.1) is 0 Å². The first kappa shape index (κ1) is 11.8. The summed E-state index contributed by atoms with van der Waals surface area (Å²) in [5.41, 5.74) is 0. The highest BCUT2D eigenvalue weighted by atomic mass is 32.2. The Balaban J connectivity index is 4.10. The molecule has 7 nitrogen and oxygen atoms in total. The van der Waals surface area contributed by atoms with Crippen molar-refractivity contribution < 1.29 is 22.7 Å². The van der Waals surface area contributed by atoms with Crippen LogP contribution in [0.25, 0.3) is 0 Å². The number of carbonyl (C=O) groups excluding carboxylic acids is 2. The van der Waals surface area contributed by atoms with Gasteiger partial charge >= 0.3 is 16.3 Å². The van der Waals surface area contributed by atoms with E-state index in [9.17, 15) is 18.0 Å². The SMILES string of the molecule is COC(=O)NS(=O)(=O)NCC(C)=O. The van der Waals surface area contributed by atoms with Gasteiger partial charge in [0.05, 0.1) is 13.7 Å². The molecule has 0 aromatic heterocycles. The fraction of sp³-hybridized carbons (Fsp3) is 0.600. The zero-order valence-corrected chi connectivity index (χ0v) is 7.97. The van der Waals surface area contributed by atoms with Gasteiger partial charge in [0.2, 0.25) is 0 Å². The molecule has 0 rings (SSSR count). The van der Waals surface area contributed by atoms with Crippen molar-refractivity contribution in [2.45, 2.75) is 6.92 Å². The van der Waals surface area contributed by atoms with Gasteiger partial charge in [-0.05, 0) is 6.92 Å². The molecule has 0 aliphatic rings. The Morgan fingerprint density at radius 3 is 2.31 bits per heavy atom. The summed E-state index contributed by atoms with van der Waals surface area (Å²) in [5, 5.41) is 0. The highest BCUT2D eigenvalue weighted by Gasteiger charge is 2.13. The third kappa shape index (κ3) is 6.05. The van der Waals surface area contributed by atoms with E-state index in [0.717, 1.165) is 7.11 Å². The van der Waals surface area contributed by atoms with E-state index in [4.69, 9.17) is 0 Å².